The smallest absolute Gasteiger partial charge is 0.305 e. The minimum atomic E-state index is -3.39. The lowest BCUT2D eigenvalue weighted by Crippen LogP contribution is -2.32. The van der Waals surface area contributed by atoms with Crippen molar-refractivity contribution in [2.45, 2.75) is 4.21 Å². The molecule has 0 spiro atoms. The first-order valence-corrected chi connectivity index (χ1v) is 9.07. The van der Waals surface area contributed by atoms with Gasteiger partial charge in [0.1, 0.15) is 4.21 Å². The molecule has 0 saturated carbocycles. The molecule has 1 fully saturated rings. The van der Waals surface area contributed by atoms with Crippen LogP contribution in [0, 0.1) is 10.1 Å². The number of nitrogens with zero attached hydrogens (tertiary/aromatic N) is 2. The van der Waals surface area contributed by atoms with Crippen LogP contribution in [0.25, 0.3) is 0 Å². The molecule has 1 aliphatic heterocycles. The van der Waals surface area contributed by atoms with Gasteiger partial charge in [-0.05, 0) is 0 Å². The Morgan fingerprint density at radius 1 is 1.39 bits per heavy atom. The second-order valence-corrected chi connectivity index (χ2v) is 8.38. The van der Waals surface area contributed by atoms with E-state index in [2.05, 4.69) is 0 Å². The highest BCUT2D eigenvalue weighted by Crippen LogP contribution is 2.40. The van der Waals surface area contributed by atoms with Crippen molar-refractivity contribution in [2.75, 3.05) is 35.8 Å². The van der Waals surface area contributed by atoms with E-state index in [0.29, 0.717) is 5.00 Å². The Labute approximate surface area is 113 Å². The minimum Gasteiger partial charge on any atom is -0.356 e. The molecule has 0 amide bonds. The van der Waals surface area contributed by atoms with Crippen molar-refractivity contribution in [1.82, 2.24) is 0 Å². The molecular weight excluding hydrogens is 296 g/mol. The molecule has 6 nitrogen and oxygen atoms in total. The van der Waals surface area contributed by atoms with E-state index in [1.165, 1.54) is 0 Å². The van der Waals surface area contributed by atoms with Crippen molar-refractivity contribution < 1.29 is 13.3 Å². The van der Waals surface area contributed by atoms with Crippen molar-refractivity contribution in [3.8, 4) is 0 Å². The molecule has 18 heavy (non-hydrogen) atoms. The van der Waals surface area contributed by atoms with Gasteiger partial charge in [-0.15, -0.1) is 0 Å². The fourth-order valence-corrected chi connectivity index (χ4v) is 4.64. The van der Waals surface area contributed by atoms with Crippen molar-refractivity contribution in [3.05, 3.63) is 16.2 Å². The largest absolute Gasteiger partial charge is 0.356 e. The normalized spacial score (nSPS) is 16.8. The first-order valence-electron chi connectivity index (χ1n) is 5.20. The summed E-state index contributed by atoms with van der Waals surface area (Å²) in [5.41, 5.74) is -0.104. The predicted molar refractivity (Wildman–Crippen MR) is 73.6 cm³/mol. The zero-order valence-electron chi connectivity index (χ0n) is 9.66. The Balaban J connectivity index is 2.44. The van der Waals surface area contributed by atoms with Crippen LogP contribution in [0.15, 0.2) is 10.3 Å². The zero-order valence-corrected chi connectivity index (χ0v) is 12.1. The maximum Gasteiger partial charge on any atom is 0.305 e. The average molecular weight is 308 g/mol. The number of hydrogen-bond donors (Lipinski definition) is 0. The molecule has 1 saturated heterocycles. The predicted octanol–water partition coefficient (Wildman–Crippen LogP) is 1.61. The lowest BCUT2D eigenvalue weighted by molar-refractivity contribution is -0.383. The molecule has 1 aromatic rings. The molecule has 0 aromatic carbocycles. The molecule has 100 valence electrons. The number of anilines is 1. The van der Waals surface area contributed by atoms with Crippen LogP contribution in [0.2, 0.25) is 0 Å². The van der Waals surface area contributed by atoms with Gasteiger partial charge in [-0.3, -0.25) is 10.1 Å². The average Bonchev–Trinajstić information content (AvgIpc) is 2.74. The Morgan fingerprint density at radius 2 is 2.00 bits per heavy atom. The van der Waals surface area contributed by atoms with Crippen LogP contribution < -0.4 is 4.90 Å². The quantitative estimate of drug-likeness (QED) is 0.623. The third-order valence-electron chi connectivity index (χ3n) is 2.53. The van der Waals surface area contributed by atoms with Crippen molar-refractivity contribution in [1.29, 1.82) is 0 Å². The lowest BCUT2D eigenvalue weighted by Gasteiger charge is -2.26. The van der Waals surface area contributed by atoms with Gasteiger partial charge in [0.15, 0.2) is 14.8 Å². The van der Waals surface area contributed by atoms with Gasteiger partial charge >= 0.3 is 5.69 Å². The van der Waals surface area contributed by atoms with E-state index in [-0.39, 0.29) is 9.90 Å². The van der Waals surface area contributed by atoms with E-state index in [9.17, 15) is 18.5 Å². The molecule has 0 atom stereocenters. The molecule has 0 bridgehead atoms. The van der Waals surface area contributed by atoms with Gasteiger partial charge in [0.05, 0.1) is 4.92 Å². The molecule has 1 aromatic heterocycles. The van der Waals surface area contributed by atoms with Gasteiger partial charge in [0.25, 0.3) is 0 Å². The number of thiophene rings is 1. The molecule has 0 radical (unpaired) electrons. The first kappa shape index (κ1) is 13.6. The molecular formula is C9H12N2O4S3. The Kier molecular flexibility index (Phi) is 3.83. The fourth-order valence-electron chi connectivity index (χ4n) is 1.66. The molecule has 9 heteroatoms. The Morgan fingerprint density at radius 3 is 2.50 bits per heavy atom. The van der Waals surface area contributed by atoms with Crippen LogP contribution in [0.1, 0.15) is 0 Å². The van der Waals surface area contributed by atoms with Crippen LogP contribution in [0.3, 0.4) is 0 Å². The topological polar surface area (TPSA) is 80.5 Å². The second-order valence-electron chi connectivity index (χ2n) is 3.88. The highest BCUT2D eigenvalue weighted by Gasteiger charge is 2.28. The highest BCUT2D eigenvalue weighted by atomic mass is 32.2. The van der Waals surface area contributed by atoms with E-state index in [0.717, 1.165) is 48.3 Å². The van der Waals surface area contributed by atoms with Crippen molar-refractivity contribution in [3.63, 3.8) is 0 Å². The summed E-state index contributed by atoms with van der Waals surface area (Å²) in [6.07, 6.45) is 1.07. The number of rotatable bonds is 3. The fraction of sp³-hybridized carbons (Fsp3) is 0.556. The molecule has 1 aliphatic rings. The summed E-state index contributed by atoms with van der Waals surface area (Å²) in [7, 11) is -3.39. The van der Waals surface area contributed by atoms with E-state index in [1.807, 2.05) is 4.90 Å². The SMILES string of the molecule is CS(=O)(=O)c1cc([N+](=O)[O-])c(N2CCSCC2)s1. The molecule has 2 heterocycles. The molecule has 0 unspecified atom stereocenters. The number of thioether (sulfide) groups is 1. The first-order chi connectivity index (χ1) is 8.39. The summed E-state index contributed by atoms with van der Waals surface area (Å²) in [4.78, 5) is 12.4. The van der Waals surface area contributed by atoms with Gasteiger partial charge in [0, 0.05) is 36.9 Å². The third kappa shape index (κ3) is 2.78. The van der Waals surface area contributed by atoms with Gasteiger partial charge in [-0.25, -0.2) is 8.42 Å². The van der Waals surface area contributed by atoms with Gasteiger partial charge in [-0.2, -0.15) is 11.8 Å². The third-order valence-corrected chi connectivity index (χ3v) is 6.46. The number of hydrogen-bond acceptors (Lipinski definition) is 7. The van der Waals surface area contributed by atoms with E-state index < -0.39 is 14.8 Å². The minimum absolute atomic E-state index is 0.0578. The number of sulfone groups is 1. The lowest BCUT2D eigenvalue weighted by atomic mass is 10.4. The maximum atomic E-state index is 11.5. The molecule has 2 rings (SSSR count). The van der Waals surface area contributed by atoms with Crippen LogP contribution in [0.5, 0.6) is 0 Å². The summed E-state index contributed by atoms with van der Waals surface area (Å²) >= 11 is 2.78. The zero-order chi connectivity index (χ0) is 13.3. The van der Waals surface area contributed by atoms with Crippen LogP contribution >= 0.6 is 23.1 Å². The highest BCUT2D eigenvalue weighted by molar-refractivity contribution is 7.99. The van der Waals surface area contributed by atoms with E-state index in [1.54, 1.807) is 11.8 Å². The van der Waals surface area contributed by atoms with Crippen LogP contribution in [-0.2, 0) is 9.84 Å². The van der Waals surface area contributed by atoms with Gasteiger partial charge < -0.3 is 4.90 Å². The summed E-state index contributed by atoms with van der Waals surface area (Å²) in [5, 5.41) is 11.4. The number of nitro groups is 1. The second kappa shape index (κ2) is 5.06. The molecule has 0 aliphatic carbocycles. The van der Waals surface area contributed by atoms with Gasteiger partial charge in [-0.1, -0.05) is 11.3 Å². The van der Waals surface area contributed by atoms with E-state index >= 15 is 0 Å². The summed E-state index contributed by atoms with van der Waals surface area (Å²) in [5.74, 6) is 1.81. The standard InChI is InChI=1S/C9H12N2O4S3/c1-18(14,15)8-6-7(11(12)13)9(17-8)10-2-4-16-5-3-10/h6H,2-5H2,1H3. The van der Waals surface area contributed by atoms with Gasteiger partial charge in [0.2, 0.25) is 0 Å². The van der Waals surface area contributed by atoms with Crippen LogP contribution in [-0.4, -0.2) is 44.2 Å². The molecule has 0 N–H and O–H groups in total. The Bertz CT molecular complexity index is 560. The summed E-state index contributed by atoms with van der Waals surface area (Å²) in [6, 6.07) is 1.16. The van der Waals surface area contributed by atoms with Crippen molar-refractivity contribution >= 4 is 43.6 Å². The maximum absolute atomic E-state index is 11.5. The van der Waals surface area contributed by atoms with Crippen LogP contribution in [0.4, 0.5) is 10.7 Å². The summed E-state index contributed by atoms with van der Waals surface area (Å²) < 4.78 is 23.0. The Hall–Kier alpha value is -0.800. The monoisotopic (exact) mass is 308 g/mol. The van der Waals surface area contributed by atoms with E-state index in [4.69, 9.17) is 0 Å². The van der Waals surface area contributed by atoms with Crippen molar-refractivity contribution in [2.24, 2.45) is 0 Å². The summed E-state index contributed by atoms with van der Waals surface area (Å²) in [6.45, 7) is 1.43.